The summed E-state index contributed by atoms with van der Waals surface area (Å²) in [5.74, 6) is 0.502. The molecule has 2 heterocycles. The predicted octanol–water partition coefficient (Wildman–Crippen LogP) is 3.02. The maximum absolute atomic E-state index is 12.7. The van der Waals surface area contributed by atoms with Crippen molar-refractivity contribution in [2.24, 2.45) is 0 Å². The lowest BCUT2D eigenvalue weighted by molar-refractivity contribution is -0.128. The summed E-state index contributed by atoms with van der Waals surface area (Å²) in [6.45, 7) is 0.102. The van der Waals surface area contributed by atoms with Gasteiger partial charge in [0.2, 0.25) is 5.91 Å². The normalized spacial score (nSPS) is 15.7. The van der Waals surface area contributed by atoms with Gasteiger partial charge in [0.05, 0.1) is 20.8 Å². The zero-order chi connectivity index (χ0) is 22.7. The average Bonchev–Trinajstić information content (AvgIpc) is 3.36. The number of imide groups is 1. The van der Waals surface area contributed by atoms with Gasteiger partial charge in [-0.2, -0.15) is 0 Å². The number of ether oxygens (including phenoxy) is 2. The minimum atomic E-state index is -0.736. The standard InChI is InChI=1S/C23H24N4O5/c1-31-19-7-3-14(11-20(19)32-2)13-27-22(29)18(26-23(27)30)6-8-21(28)25-16-4-5-17-15(12-16)9-10-24-17/h3-5,7,9-12,18,24H,6,8,13H2,1-2H3,(H,25,28)(H,26,30)/t18-/m0/s1. The van der Waals surface area contributed by atoms with Crippen molar-refractivity contribution < 1.29 is 23.9 Å². The first kappa shape index (κ1) is 21.2. The van der Waals surface area contributed by atoms with Crippen molar-refractivity contribution in [3.05, 3.63) is 54.2 Å². The Kier molecular flexibility index (Phi) is 5.98. The molecule has 1 saturated heterocycles. The molecule has 0 unspecified atom stereocenters. The summed E-state index contributed by atoms with van der Waals surface area (Å²) >= 11 is 0. The minimum Gasteiger partial charge on any atom is -0.493 e. The van der Waals surface area contributed by atoms with Gasteiger partial charge in [-0.3, -0.25) is 14.5 Å². The van der Waals surface area contributed by atoms with E-state index in [4.69, 9.17) is 9.47 Å². The molecule has 1 aliphatic heterocycles. The first-order valence-corrected chi connectivity index (χ1v) is 10.2. The maximum atomic E-state index is 12.7. The van der Waals surface area contributed by atoms with Crippen LogP contribution < -0.4 is 20.1 Å². The average molecular weight is 436 g/mol. The number of amides is 4. The number of aromatic nitrogens is 1. The fourth-order valence-corrected chi connectivity index (χ4v) is 3.71. The van der Waals surface area contributed by atoms with Crippen molar-refractivity contribution in [1.82, 2.24) is 15.2 Å². The number of nitrogens with zero attached hydrogens (tertiary/aromatic N) is 1. The van der Waals surface area contributed by atoms with Crippen molar-refractivity contribution in [3.8, 4) is 11.5 Å². The summed E-state index contributed by atoms with van der Waals surface area (Å²) in [6.07, 6.45) is 2.15. The van der Waals surface area contributed by atoms with E-state index >= 15 is 0 Å². The highest BCUT2D eigenvalue weighted by molar-refractivity contribution is 6.04. The first-order chi connectivity index (χ1) is 15.5. The molecule has 0 bridgehead atoms. The number of carbonyl (C=O) groups is 3. The molecular formula is C23H24N4O5. The van der Waals surface area contributed by atoms with Gasteiger partial charge in [-0.05, 0) is 48.4 Å². The molecule has 1 atom stereocenters. The van der Waals surface area contributed by atoms with Crippen LogP contribution in [0.2, 0.25) is 0 Å². The lowest BCUT2D eigenvalue weighted by atomic mass is 10.1. The van der Waals surface area contributed by atoms with Crippen LogP contribution in [0.5, 0.6) is 11.5 Å². The predicted molar refractivity (Wildman–Crippen MR) is 119 cm³/mol. The highest BCUT2D eigenvalue weighted by atomic mass is 16.5. The summed E-state index contributed by atoms with van der Waals surface area (Å²) in [4.78, 5) is 41.7. The number of aromatic amines is 1. The molecule has 166 valence electrons. The molecule has 4 amide bonds. The Morgan fingerprint density at radius 1 is 1.06 bits per heavy atom. The lowest BCUT2D eigenvalue weighted by Gasteiger charge is -2.15. The van der Waals surface area contributed by atoms with Crippen LogP contribution >= 0.6 is 0 Å². The summed E-state index contributed by atoms with van der Waals surface area (Å²) in [5, 5.41) is 6.49. The number of hydrogen-bond acceptors (Lipinski definition) is 5. The van der Waals surface area contributed by atoms with E-state index < -0.39 is 12.1 Å². The van der Waals surface area contributed by atoms with Crippen molar-refractivity contribution >= 4 is 34.4 Å². The molecule has 4 rings (SSSR count). The van der Waals surface area contributed by atoms with E-state index in [0.29, 0.717) is 17.2 Å². The van der Waals surface area contributed by atoms with Gasteiger partial charge in [-0.25, -0.2) is 4.79 Å². The van der Waals surface area contributed by atoms with Crippen molar-refractivity contribution in [2.45, 2.75) is 25.4 Å². The summed E-state index contributed by atoms with van der Waals surface area (Å²) in [6, 6.07) is 11.5. The van der Waals surface area contributed by atoms with Crippen molar-refractivity contribution in [3.63, 3.8) is 0 Å². The number of fused-ring (bicyclic) bond motifs is 1. The van der Waals surface area contributed by atoms with Gasteiger partial charge in [0.15, 0.2) is 11.5 Å². The zero-order valence-corrected chi connectivity index (χ0v) is 17.8. The van der Waals surface area contributed by atoms with Crippen LogP contribution in [-0.2, 0) is 16.1 Å². The fraction of sp³-hybridized carbons (Fsp3) is 0.261. The van der Waals surface area contributed by atoms with Gasteiger partial charge in [0, 0.05) is 29.2 Å². The first-order valence-electron chi connectivity index (χ1n) is 10.2. The second-order valence-corrected chi connectivity index (χ2v) is 7.48. The smallest absolute Gasteiger partial charge is 0.325 e. The summed E-state index contributed by atoms with van der Waals surface area (Å²) in [7, 11) is 3.06. The van der Waals surface area contributed by atoms with Crippen LogP contribution in [0.15, 0.2) is 48.7 Å². The van der Waals surface area contributed by atoms with E-state index in [1.54, 1.807) is 18.2 Å². The fourth-order valence-electron chi connectivity index (χ4n) is 3.71. The highest BCUT2D eigenvalue weighted by Gasteiger charge is 2.37. The van der Waals surface area contributed by atoms with E-state index in [2.05, 4.69) is 15.6 Å². The quantitative estimate of drug-likeness (QED) is 0.470. The second-order valence-electron chi connectivity index (χ2n) is 7.48. The van der Waals surface area contributed by atoms with Gasteiger partial charge in [-0.15, -0.1) is 0 Å². The van der Waals surface area contributed by atoms with Gasteiger partial charge < -0.3 is 25.1 Å². The zero-order valence-electron chi connectivity index (χ0n) is 17.8. The third-order valence-electron chi connectivity index (χ3n) is 5.39. The SMILES string of the molecule is COc1ccc(CN2C(=O)N[C@@H](CCC(=O)Nc3ccc4[nH]ccc4c3)C2=O)cc1OC. The minimum absolute atomic E-state index is 0.102. The van der Waals surface area contributed by atoms with Gasteiger partial charge in [-0.1, -0.05) is 6.07 Å². The third kappa shape index (κ3) is 4.36. The van der Waals surface area contributed by atoms with Crippen LogP contribution in [0.1, 0.15) is 18.4 Å². The number of benzene rings is 2. The molecule has 1 aliphatic rings. The van der Waals surface area contributed by atoms with Crippen molar-refractivity contribution in [1.29, 1.82) is 0 Å². The van der Waals surface area contributed by atoms with E-state index in [1.807, 2.05) is 30.5 Å². The number of methoxy groups -OCH3 is 2. The van der Waals surface area contributed by atoms with Crippen LogP contribution in [-0.4, -0.2) is 48.0 Å². The number of hydrogen-bond donors (Lipinski definition) is 3. The number of H-pyrrole nitrogens is 1. The molecule has 0 spiro atoms. The molecule has 1 fully saturated rings. The maximum Gasteiger partial charge on any atom is 0.325 e. The Bertz CT molecular complexity index is 1170. The number of anilines is 1. The van der Waals surface area contributed by atoms with Crippen LogP contribution in [0.3, 0.4) is 0 Å². The molecule has 32 heavy (non-hydrogen) atoms. The molecule has 9 heteroatoms. The Morgan fingerprint density at radius 3 is 2.66 bits per heavy atom. The molecule has 9 nitrogen and oxygen atoms in total. The molecule has 0 aliphatic carbocycles. The Balaban J connectivity index is 1.33. The molecule has 1 aromatic heterocycles. The lowest BCUT2D eigenvalue weighted by Crippen LogP contribution is -2.31. The Labute approximate surface area is 184 Å². The highest BCUT2D eigenvalue weighted by Crippen LogP contribution is 2.28. The number of rotatable bonds is 8. The molecule has 2 aromatic carbocycles. The number of carbonyl (C=O) groups excluding carboxylic acids is 3. The molecule has 0 radical (unpaired) electrons. The topological polar surface area (TPSA) is 113 Å². The van der Waals surface area contributed by atoms with E-state index in [9.17, 15) is 14.4 Å². The molecule has 0 saturated carbocycles. The third-order valence-corrected chi connectivity index (χ3v) is 5.39. The number of nitrogens with one attached hydrogen (secondary N) is 3. The van der Waals surface area contributed by atoms with Crippen LogP contribution in [0.4, 0.5) is 10.5 Å². The second kappa shape index (κ2) is 9.01. The van der Waals surface area contributed by atoms with E-state index in [1.165, 1.54) is 14.2 Å². The Hall–Kier alpha value is -4.01. The molecule has 3 aromatic rings. The summed E-state index contributed by atoms with van der Waals surface area (Å²) < 4.78 is 10.5. The van der Waals surface area contributed by atoms with Crippen molar-refractivity contribution in [2.75, 3.05) is 19.5 Å². The van der Waals surface area contributed by atoms with Gasteiger partial charge in [0.1, 0.15) is 6.04 Å². The van der Waals surface area contributed by atoms with E-state index in [0.717, 1.165) is 21.4 Å². The Morgan fingerprint density at radius 2 is 1.88 bits per heavy atom. The van der Waals surface area contributed by atoms with Gasteiger partial charge >= 0.3 is 6.03 Å². The molecule has 3 N–H and O–H groups in total. The van der Waals surface area contributed by atoms with Crippen LogP contribution in [0, 0.1) is 0 Å². The monoisotopic (exact) mass is 436 g/mol. The number of urea groups is 1. The van der Waals surface area contributed by atoms with Crippen LogP contribution in [0.25, 0.3) is 10.9 Å². The van der Waals surface area contributed by atoms with E-state index in [-0.39, 0.29) is 31.2 Å². The largest absolute Gasteiger partial charge is 0.493 e. The molecular weight excluding hydrogens is 412 g/mol. The van der Waals surface area contributed by atoms with Gasteiger partial charge in [0.25, 0.3) is 5.91 Å². The summed E-state index contributed by atoms with van der Waals surface area (Å²) in [5.41, 5.74) is 2.39.